The smallest absolute Gasteiger partial charge is 0.314 e. The summed E-state index contributed by atoms with van der Waals surface area (Å²) in [7, 11) is 1.61. The minimum Gasteiger partial charge on any atom is -0.394 e. The molecule has 0 aromatic heterocycles. The van der Waals surface area contributed by atoms with E-state index in [1.54, 1.807) is 7.11 Å². The largest absolute Gasteiger partial charge is 0.394 e. The number of esters is 2. The van der Waals surface area contributed by atoms with Crippen LogP contribution in [0.1, 0.15) is 12.8 Å². The van der Waals surface area contributed by atoms with E-state index in [1.807, 2.05) is 0 Å². The van der Waals surface area contributed by atoms with E-state index in [1.165, 1.54) is 0 Å². The van der Waals surface area contributed by atoms with Gasteiger partial charge in [0.05, 0.1) is 39.3 Å². The Bertz CT molecular complexity index is 171. The lowest BCUT2D eigenvalue weighted by Crippen LogP contribution is -2.05. The molecule has 0 aromatic rings. The summed E-state index contributed by atoms with van der Waals surface area (Å²) in [5, 5.41) is 8.20. The highest BCUT2D eigenvalue weighted by atomic mass is 16.6. The Morgan fingerprint density at radius 3 is 2.13 bits per heavy atom. The predicted octanol–water partition coefficient (Wildman–Crippen LogP) is -0.508. The van der Waals surface area contributed by atoms with Crippen LogP contribution in [0.2, 0.25) is 0 Å². The van der Waals surface area contributed by atoms with Gasteiger partial charge in [-0.25, -0.2) is 0 Å². The van der Waals surface area contributed by atoms with Gasteiger partial charge in [0, 0.05) is 7.11 Å². The van der Waals surface area contributed by atoms with Crippen molar-refractivity contribution in [1.82, 2.24) is 0 Å². The number of rotatable bonds is 5. The number of aliphatic hydroxyl groups is 1. The second kappa shape index (κ2) is 9.57. The first-order valence-corrected chi connectivity index (χ1v) is 4.61. The third kappa shape index (κ3) is 9.33. The topological polar surface area (TPSA) is 82.1 Å². The molecule has 0 spiro atoms. The van der Waals surface area contributed by atoms with Crippen LogP contribution >= 0.6 is 0 Å². The van der Waals surface area contributed by atoms with Crippen LogP contribution in [0.4, 0.5) is 0 Å². The van der Waals surface area contributed by atoms with Crippen LogP contribution in [0.3, 0.4) is 0 Å². The van der Waals surface area contributed by atoms with Crippen molar-refractivity contribution in [1.29, 1.82) is 0 Å². The number of cyclic esters (lactones) is 2. The lowest BCUT2D eigenvalue weighted by atomic mass is 10.4. The SMILES string of the molecule is COCCOCCO.O=C1CCC(=O)O1. The van der Waals surface area contributed by atoms with E-state index >= 15 is 0 Å². The standard InChI is InChI=1S/C5H12O3.C4H4O3/c1-7-4-5-8-3-2-6;5-3-1-2-4(6)7-3/h6H,2-5H2,1H3;1-2H2. The minimum atomic E-state index is -0.398. The Balaban J connectivity index is 0.000000262. The molecule has 0 bridgehead atoms. The second-order valence-corrected chi connectivity index (χ2v) is 2.67. The van der Waals surface area contributed by atoms with Crippen LogP contribution in [-0.4, -0.2) is 50.6 Å². The summed E-state index contributed by atoms with van der Waals surface area (Å²) in [5.74, 6) is -0.796. The monoisotopic (exact) mass is 220 g/mol. The number of aliphatic hydroxyl groups excluding tert-OH is 1. The molecule has 0 amide bonds. The fourth-order valence-electron chi connectivity index (χ4n) is 0.742. The first-order chi connectivity index (χ1) is 7.20. The normalized spacial score (nSPS) is 14.5. The Kier molecular flexibility index (Phi) is 8.95. The third-order valence-corrected chi connectivity index (χ3v) is 1.43. The molecule has 1 saturated heterocycles. The summed E-state index contributed by atoms with van der Waals surface area (Å²) in [5.41, 5.74) is 0. The van der Waals surface area contributed by atoms with Gasteiger partial charge in [-0.3, -0.25) is 9.59 Å². The second-order valence-electron chi connectivity index (χ2n) is 2.67. The molecule has 1 fully saturated rings. The average molecular weight is 220 g/mol. The summed E-state index contributed by atoms with van der Waals surface area (Å²) in [4.78, 5) is 20.0. The Morgan fingerprint density at radius 2 is 1.80 bits per heavy atom. The van der Waals surface area contributed by atoms with Crippen LogP contribution in [0, 0.1) is 0 Å². The van der Waals surface area contributed by atoms with Gasteiger partial charge in [0.1, 0.15) is 0 Å². The van der Waals surface area contributed by atoms with E-state index in [9.17, 15) is 9.59 Å². The zero-order chi connectivity index (χ0) is 11.5. The molecule has 15 heavy (non-hydrogen) atoms. The predicted molar refractivity (Wildman–Crippen MR) is 50.1 cm³/mol. The van der Waals surface area contributed by atoms with Crippen molar-refractivity contribution in [2.24, 2.45) is 0 Å². The molecule has 0 saturated carbocycles. The van der Waals surface area contributed by atoms with Gasteiger partial charge in [-0.15, -0.1) is 0 Å². The van der Waals surface area contributed by atoms with Crippen LogP contribution in [0.5, 0.6) is 0 Å². The molecule has 0 aliphatic carbocycles. The van der Waals surface area contributed by atoms with Crippen LogP contribution in [0.25, 0.3) is 0 Å². The maximum Gasteiger partial charge on any atom is 0.314 e. The van der Waals surface area contributed by atoms with Gasteiger partial charge in [0.25, 0.3) is 0 Å². The number of hydrogen-bond donors (Lipinski definition) is 1. The minimum absolute atomic E-state index is 0.0870. The lowest BCUT2D eigenvalue weighted by molar-refractivity contribution is -0.151. The molecule has 1 rings (SSSR count). The van der Waals surface area contributed by atoms with Gasteiger partial charge in [0.2, 0.25) is 0 Å². The summed E-state index contributed by atoms with van der Waals surface area (Å²) in [6.45, 7) is 1.66. The molecule has 88 valence electrons. The van der Waals surface area contributed by atoms with Crippen LogP contribution in [0.15, 0.2) is 0 Å². The van der Waals surface area contributed by atoms with Crippen molar-refractivity contribution in [3.8, 4) is 0 Å². The molecule has 1 heterocycles. The molecule has 1 aliphatic heterocycles. The van der Waals surface area contributed by atoms with Crippen LogP contribution < -0.4 is 0 Å². The summed E-state index contributed by atoms with van der Waals surface area (Å²) >= 11 is 0. The van der Waals surface area contributed by atoms with E-state index in [2.05, 4.69) is 9.47 Å². The summed E-state index contributed by atoms with van der Waals surface area (Å²) in [6, 6.07) is 0. The van der Waals surface area contributed by atoms with Crippen molar-refractivity contribution >= 4 is 11.9 Å². The van der Waals surface area contributed by atoms with E-state index in [0.717, 1.165) is 0 Å². The first kappa shape index (κ1) is 14.0. The average Bonchev–Trinajstić information content (AvgIpc) is 2.58. The quantitative estimate of drug-likeness (QED) is 0.382. The maximum absolute atomic E-state index is 10.0. The summed E-state index contributed by atoms with van der Waals surface area (Å²) < 4.78 is 13.6. The molecule has 0 atom stereocenters. The lowest BCUT2D eigenvalue weighted by Gasteiger charge is -1.98. The van der Waals surface area contributed by atoms with Crippen molar-refractivity contribution in [3.05, 3.63) is 0 Å². The molecule has 0 aromatic carbocycles. The maximum atomic E-state index is 10.0. The number of carbonyl (C=O) groups excluding carboxylic acids is 2. The van der Waals surface area contributed by atoms with Crippen molar-refractivity contribution < 1.29 is 28.9 Å². The van der Waals surface area contributed by atoms with E-state index in [4.69, 9.17) is 9.84 Å². The van der Waals surface area contributed by atoms with E-state index < -0.39 is 11.9 Å². The third-order valence-electron chi connectivity index (χ3n) is 1.43. The Hall–Kier alpha value is -0.980. The fraction of sp³-hybridized carbons (Fsp3) is 0.778. The molecule has 6 heteroatoms. The number of methoxy groups -OCH3 is 1. The number of carbonyl (C=O) groups is 2. The van der Waals surface area contributed by atoms with Gasteiger partial charge >= 0.3 is 11.9 Å². The molecule has 1 aliphatic rings. The molecule has 0 unspecified atom stereocenters. The van der Waals surface area contributed by atoms with Gasteiger partial charge in [-0.1, -0.05) is 0 Å². The number of hydrogen-bond acceptors (Lipinski definition) is 6. The van der Waals surface area contributed by atoms with Crippen molar-refractivity contribution in [3.63, 3.8) is 0 Å². The molecular formula is C9H16O6. The van der Waals surface area contributed by atoms with E-state index in [0.29, 0.717) is 19.8 Å². The van der Waals surface area contributed by atoms with Crippen LogP contribution in [-0.2, 0) is 23.8 Å². The highest BCUT2D eigenvalue weighted by Gasteiger charge is 2.19. The molecule has 6 nitrogen and oxygen atoms in total. The first-order valence-electron chi connectivity index (χ1n) is 4.61. The fourth-order valence-corrected chi connectivity index (χ4v) is 0.742. The zero-order valence-corrected chi connectivity index (χ0v) is 8.73. The van der Waals surface area contributed by atoms with Crippen molar-refractivity contribution in [2.75, 3.05) is 33.5 Å². The number of ether oxygens (including phenoxy) is 3. The highest BCUT2D eigenvalue weighted by molar-refractivity contribution is 5.92. The molecule has 0 radical (unpaired) electrons. The van der Waals surface area contributed by atoms with Gasteiger partial charge in [0.15, 0.2) is 0 Å². The highest BCUT2D eigenvalue weighted by Crippen LogP contribution is 2.03. The Morgan fingerprint density at radius 1 is 1.20 bits per heavy atom. The summed E-state index contributed by atoms with van der Waals surface area (Å²) in [6.07, 6.45) is 0.525. The Labute approximate surface area is 88.1 Å². The van der Waals surface area contributed by atoms with Crippen molar-refractivity contribution in [2.45, 2.75) is 12.8 Å². The molecular weight excluding hydrogens is 204 g/mol. The van der Waals surface area contributed by atoms with Gasteiger partial charge in [-0.2, -0.15) is 0 Å². The zero-order valence-electron chi connectivity index (χ0n) is 8.73. The molecule has 1 N–H and O–H groups in total. The van der Waals surface area contributed by atoms with Gasteiger partial charge in [-0.05, 0) is 0 Å². The van der Waals surface area contributed by atoms with Gasteiger partial charge < -0.3 is 19.3 Å². The van der Waals surface area contributed by atoms with E-state index in [-0.39, 0.29) is 19.4 Å².